The topological polar surface area (TPSA) is 77.0 Å². The quantitative estimate of drug-likeness (QED) is 0.866. The van der Waals surface area contributed by atoms with Crippen LogP contribution in [0.1, 0.15) is 16.2 Å². The smallest absolute Gasteiger partial charge is 0.254 e. The number of carbonyl (C=O) groups excluding carboxylic acids is 1. The van der Waals surface area contributed by atoms with Crippen molar-refractivity contribution in [3.8, 4) is 5.82 Å². The first kappa shape index (κ1) is 13.2. The van der Waals surface area contributed by atoms with Crippen molar-refractivity contribution in [2.45, 2.75) is 6.42 Å². The Labute approximate surface area is 111 Å². The average Bonchev–Trinajstić information content (AvgIpc) is 2.87. The fraction of sp³-hybridized carbons (Fsp3) is 0.308. The number of rotatable bonds is 4. The molecule has 0 saturated heterocycles. The first-order valence-electron chi connectivity index (χ1n) is 6.04. The molecule has 0 radical (unpaired) electrons. The summed E-state index contributed by atoms with van der Waals surface area (Å²) < 4.78 is 1.87. The van der Waals surface area contributed by atoms with Crippen molar-refractivity contribution in [1.82, 2.24) is 19.4 Å². The molecule has 19 heavy (non-hydrogen) atoms. The lowest BCUT2D eigenvalue weighted by atomic mass is 10.2. The van der Waals surface area contributed by atoms with E-state index in [0.717, 1.165) is 11.6 Å². The van der Waals surface area contributed by atoms with E-state index in [1.54, 1.807) is 38.6 Å². The monoisotopic (exact) mass is 259 g/mol. The van der Waals surface area contributed by atoms with Crippen LogP contribution in [0.5, 0.6) is 0 Å². The van der Waals surface area contributed by atoms with Gasteiger partial charge in [-0.05, 0) is 18.7 Å². The molecule has 2 N–H and O–H groups in total. The number of nitrogens with zero attached hydrogens (tertiary/aromatic N) is 4. The molecule has 6 heteroatoms. The number of amides is 1. The highest BCUT2D eigenvalue weighted by atomic mass is 16.2. The molecule has 2 aromatic heterocycles. The van der Waals surface area contributed by atoms with Gasteiger partial charge >= 0.3 is 0 Å². The van der Waals surface area contributed by atoms with Crippen LogP contribution in [0.4, 0.5) is 0 Å². The molecule has 0 saturated carbocycles. The Kier molecular flexibility index (Phi) is 3.91. The van der Waals surface area contributed by atoms with Crippen LogP contribution >= 0.6 is 0 Å². The lowest BCUT2D eigenvalue weighted by Gasteiger charge is -2.11. The molecule has 2 rings (SSSR count). The van der Waals surface area contributed by atoms with Crippen molar-refractivity contribution < 1.29 is 4.79 Å². The molecule has 2 aromatic rings. The minimum absolute atomic E-state index is 0.0631. The van der Waals surface area contributed by atoms with E-state index in [-0.39, 0.29) is 5.91 Å². The minimum atomic E-state index is -0.0631. The lowest BCUT2D eigenvalue weighted by molar-refractivity contribution is 0.0827. The first-order valence-corrected chi connectivity index (χ1v) is 6.04. The minimum Gasteiger partial charge on any atom is -0.345 e. The van der Waals surface area contributed by atoms with E-state index in [9.17, 15) is 4.79 Å². The van der Waals surface area contributed by atoms with Crippen LogP contribution in [0, 0.1) is 0 Å². The van der Waals surface area contributed by atoms with Gasteiger partial charge in [0.2, 0.25) is 0 Å². The van der Waals surface area contributed by atoms with Gasteiger partial charge in [-0.15, -0.1) is 0 Å². The van der Waals surface area contributed by atoms with E-state index in [4.69, 9.17) is 5.73 Å². The van der Waals surface area contributed by atoms with E-state index in [1.165, 1.54) is 4.90 Å². The van der Waals surface area contributed by atoms with Crippen molar-refractivity contribution in [2.75, 3.05) is 20.6 Å². The number of carbonyl (C=O) groups is 1. The van der Waals surface area contributed by atoms with E-state index in [1.807, 2.05) is 10.8 Å². The zero-order valence-electron chi connectivity index (χ0n) is 11.1. The van der Waals surface area contributed by atoms with Gasteiger partial charge in [0.1, 0.15) is 11.6 Å². The van der Waals surface area contributed by atoms with Crippen LogP contribution in [0.25, 0.3) is 5.82 Å². The molecule has 2 heterocycles. The molecule has 0 aliphatic heterocycles. The maximum atomic E-state index is 11.8. The van der Waals surface area contributed by atoms with Crippen LogP contribution in [-0.2, 0) is 6.42 Å². The molecule has 100 valence electrons. The average molecular weight is 259 g/mol. The fourth-order valence-electron chi connectivity index (χ4n) is 1.77. The molecular weight excluding hydrogens is 242 g/mol. The zero-order valence-corrected chi connectivity index (χ0v) is 11.1. The second-order valence-corrected chi connectivity index (χ2v) is 4.36. The standard InChI is InChI=1S/C13H17N5O/c1-17(2)13(19)10-3-4-11(16-9-10)18-8-7-15-12(18)5-6-14/h3-4,7-9H,5-6,14H2,1-2H3. The van der Waals surface area contributed by atoms with Crippen molar-refractivity contribution in [2.24, 2.45) is 5.73 Å². The van der Waals surface area contributed by atoms with Gasteiger partial charge in [-0.1, -0.05) is 0 Å². The van der Waals surface area contributed by atoms with E-state index in [0.29, 0.717) is 18.5 Å². The summed E-state index contributed by atoms with van der Waals surface area (Å²) in [5, 5.41) is 0. The molecule has 0 fully saturated rings. The SMILES string of the molecule is CN(C)C(=O)c1ccc(-n2ccnc2CCN)nc1. The summed E-state index contributed by atoms with van der Waals surface area (Å²) in [6.07, 6.45) is 5.81. The van der Waals surface area contributed by atoms with Gasteiger partial charge < -0.3 is 10.6 Å². The number of hydrogen-bond acceptors (Lipinski definition) is 4. The predicted octanol–water partition coefficient (Wildman–Crippen LogP) is 0.470. The summed E-state index contributed by atoms with van der Waals surface area (Å²) in [5.74, 6) is 1.53. The Morgan fingerprint density at radius 1 is 1.37 bits per heavy atom. The highest BCUT2D eigenvalue weighted by Crippen LogP contribution is 2.10. The predicted molar refractivity (Wildman–Crippen MR) is 72.1 cm³/mol. The first-order chi connectivity index (χ1) is 9.13. The van der Waals surface area contributed by atoms with Crippen molar-refractivity contribution >= 4 is 5.91 Å². The van der Waals surface area contributed by atoms with E-state index >= 15 is 0 Å². The van der Waals surface area contributed by atoms with Crippen molar-refractivity contribution in [1.29, 1.82) is 0 Å². The van der Waals surface area contributed by atoms with Crippen LogP contribution in [-0.4, -0.2) is 46.0 Å². The summed E-state index contributed by atoms with van der Waals surface area (Å²) in [6, 6.07) is 3.56. The summed E-state index contributed by atoms with van der Waals surface area (Å²) in [6.45, 7) is 0.536. The van der Waals surface area contributed by atoms with E-state index in [2.05, 4.69) is 9.97 Å². The van der Waals surface area contributed by atoms with Crippen LogP contribution < -0.4 is 5.73 Å². The Morgan fingerprint density at radius 2 is 2.16 bits per heavy atom. The summed E-state index contributed by atoms with van der Waals surface area (Å²) in [7, 11) is 3.43. The zero-order chi connectivity index (χ0) is 13.8. The third kappa shape index (κ3) is 2.79. The van der Waals surface area contributed by atoms with E-state index < -0.39 is 0 Å². The summed E-state index contributed by atoms with van der Waals surface area (Å²) in [5.41, 5.74) is 6.10. The molecule has 0 aromatic carbocycles. The third-order valence-electron chi connectivity index (χ3n) is 2.73. The molecule has 0 aliphatic rings. The van der Waals surface area contributed by atoms with Crippen LogP contribution in [0.3, 0.4) is 0 Å². The van der Waals surface area contributed by atoms with Crippen LogP contribution in [0.2, 0.25) is 0 Å². The summed E-state index contributed by atoms with van der Waals surface area (Å²) in [4.78, 5) is 21.8. The lowest BCUT2D eigenvalue weighted by Crippen LogP contribution is -2.21. The van der Waals surface area contributed by atoms with Gasteiger partial charge in [-0.2, -0.15) is 0 Å². The molecular formula is C13H17N5O. The van der Waals surface area contributed by atoms with Crippen molar-refractivity contribution in [3.63, 3.8) is 0 Å². The normalized spacial score (nSPS) is 10.5. The molecule has 6 nitrogen and oxygen atoms in total. The van der Waals surface area contributed by atoms with Gasteiger partial charge in [0, 0.05) is 39.1 Å². The third-order valence-corrected chi connectivity index (χ3v) is 2.73. The van der Waals surface area contributed by atoms with Gasteiger partial charge in [0.25, 0.3) is 5.91 Å². The molecule has 0 bridgehead atoms. The van der Waals surface area contributed by atoms with Gasteiger partial charge in [0.05, 0.1) is 5.56 Å². The molecule has 1 amide bonds. The fourth-order valence-corrected chi connectivity index (χ4v) is 1.77. The van der Waals surface area contributed by atoms with Crippen molar-refractivity contribution in [3.05, 3.63) is 42.1 Å². The van der Waals surface area contributed by atoms with Gasteiger partial charge in [-0.3, -0.25) is 9.36 Å². The number of pyridine rings is 1. The molecule has 0 aliphatic carbocycles. The number of aromatic nitrogens is 3. The Balaban J connectivity index is 2.27. The second kappa shape index (κ2) is 5.62. The second-order valence-electron chi connectivity index (χ2n) is 4.36. The highest BCUT2D eigenvalue weighted by molar-refractivity contribution is 5.93. The highest BCUT2D eigenvalue weighted by Gasteiger charge is 2.10. The van der Waals surface area contributed by atoms with Gasteiger partial charge in [0.15, 0.2) is 0 Å². The largest absolute Gasteiger partial charge is 0.345 e. The maximum Gasteiger partial charge on any atom is 0.254 e. The maximum absolute atomic E-state index is 11.8. The summed E-state index contributed by atoms with van der Waals surface area (Å²) >= 11 is 0. The van der Waals surface area contributed by atoms with Crippen LogP contribution in [0.15, 0.2) is 30.7 Å². The Bertz CT molecular complexity index is 559. The molecule has 0 unspecified atom stereocenters. The number of nitrogens with two attached hydrogens (primary N) is 1. The van der Waals surface area contributed by atoms with Gasteiger partial charge in [-0.25, -0.2) is 9.97 Å². The number of imidazole rings is 1. The number of hydrogen-bond donors (Lipinski definition) is 1. The molecule has 0 atom stereocenters. The Hall–Kier alpha value is -2.21. The molecule has 0 spiro atoms. The Morgan fingerprint density at radius 3 is 2.74 bits per heavy atom.